The van der Waals surface area contributed by atoms with Gasteiger partial charge < -0.3 is 19.7 Å². The number of ether oxygens (including phenoxy) is 2. The maximum absolute atomic E-state index is 12.1. The van der Waals surface area contributed by atoms with Crippen LogP contribution in [-0.4, -0.2) is 44.3 Å². The van der Waals surface area contributed by atoms with Gasteiger partial charge in [-0.15, -0.1) is 0 Å². The first kappa shape index (κ1) is 19.6. The number of benzene rings is 1. The maximum Gasteiger partial charge on any atom is 0.341 e. The molecule has 1 aromatic heterocycles. The number of carbonyl (C=O) groups excluding carboxylic acids is 1. The van der Waals surface area contributed by atoms with Crippen molar-refractivity contribution >= 4 is 27.7 Å². The zero-order chi connectivity index (χ0) is 19.2. The van der Waals surface area contributed by atoms with Crippen LogP contribution >= 0.6 is 15.9 Å². The van der Waals surface area contributed by atoms with Crippen LogP contribution in [0.1, 0.15) is 28.8 Å². The number of hydrogen-bond donors (Lipinski definition) is 1. The first-order valence-corrected chi connectivity index (χ1v) is 9.75. The fourth-order valence-corrected chi connectivity index (χ4v) is 3.67. The van der Waals surface area contributed by atoms with E-state index in [0.717, 1.165) is 48.3 Å². The fourth-order valence-electron chi connectivity index (χ4n) is 3.34. The lowest BCUT2D eigenvalue weighted by atomic mass is 10.0. The molecule has 1 N–H and O–H groups in total. The molecule has 6 nitrogen and oxygen atoms in total. The van der Waals surface area contributed by atoms with Crippen LogP contribution in [-0.2, 0) is 11.3 Å². The monoisotopic (exact) mass is 433 g/mol. The van der Waals surface area contributed by atoms with Crippen molar-refractivity contribution in [3.8, 4) is 5.75 Å². The van der Waals surface area contributed by atoms with Crippen LogP contribution in [0.25, 0.3) is 0 Å². The van der Waals surface area contributed by atoms with Crippen molar-refractivity contribution in [2.75, 3.05) is 32.2 Å². The van der Waals surface area contributed by atoms with Crippen LogP contribution in [0.5, 0.6) is 5.75 Å². The summed E-state index contributed by atoms with van der Waals surface area (Å²) < 4.78 is 11.1. The van der Waals surface area contributed by atoms with E-state index >= 15 is 0 Å². The molecule has 0 aliphatic carbocycles. The predicted octanol–water partition coefficient (Wildman–Crippen LogP) is 3.40. The number of nitrogens with one attached hydrogen (secondary N) is 1. The number of para-hydroxylation sites is 1. The van der Waals surface area contributed by atoms with E-state index in [9.17, 15) is 4.79 Å². The average Bonchev–Trinajstić information content (AvgIpc) is 2.72. The number of hydrogen-bond acceptors (Lipinski definition) is 6. The second kappa shape index (κ2) is 9.19. The summed E-state index contributed by atoms with van der Waals surface area (Å²) in [6.07, 6.45) is 3.68. The lowest BCUT2D eigenvalue weighted by molar-refractivity contribution is 0.0601. The van der Waals surface area contributed by atoms with Crippen molar-refractivity contribution in [3.05, 3.63) is 52.1 Å². The largest absolute Gasteiger partial charge is 0.496 e. The molecule has 0 spiro atoms. The third kappa shape index (κ3) is 4.78. The van der Waals surface area contributed by atoms with Gasteiger partial charge >= 0.3 is 5.97 Å². The van der Waals surface area contributed by atoms with E-state index in [-0.39, 0.29) is 5.97 Å². The molecule has 144 valence electrons. The minimum atomic E-state index is -0.366. The van der Waals surface area contributed by atoms with E-state index in [1.54, 1.807) is 19.4 Å². The maximum atomic E-state index is 12.1. The van der Waals surface area contributed by atoms with Gasteiger partial charge in [0.15, 0.2) is 0 Å². The normalized spacial score (nSPS) is 14.9. The van der Waals surface area contributed by atoms with Crippen LogP contribution in [0.3, 0.4) is 0 Å². The van der Waals surface area contributed by atoms with Crippen molar-refractivity contribution in [1.29, 1.82) is 0 Å². The first-order valence-electron chi connectivity index (χ1n) is 8.96. The van der Waals surface area contributed by atoms with Gasteiger partial charge in [0.05, 0.1) is 14.2 Å². The molecular weight excluding hydrogens is 410 g/mol. The number of halogens is 1. The second-order valence-electron chi connectivity index (χ2n) is 6.47. The van der Waals surface area contributed by atoms with Crippen molar-refractivity contribution in [3.63, 3.8) is 0 Å². The molecule has 1 aliphatic heterocycles. The molecule has 0 amide bonds. The highest BCUT2D eigenvalue weighted by Crippen LogP contribution is 2.26. The van der Waals surface area contributed by atoms with Crippen molar-refractivity contribution < 1.29 is 14.3 Å². The number of rotatable bonds is 6. The van der Waals surface area contributed by atoms with Gasteiger partial charge in [-0.3, -0.25) is 0 Å². The molecule has 2 aromatic rings. The quantitative estimate of drug-likeness (QED) is 0.704. The zero-order valence-corrected chi connectivity index (χ0v) is 17.2. The Morgan fingerprint density at radius 3 is 2.74 bits per heavy atom. The second-order valence-corrected chi connectivity index (χ2v) is 7.39. The van der Waals surface area contributed by atoms with Gasteiger partial charge in [0.25, 0.3) is 0 Å². The SMILES string of the molecule is COC(=O)c1cc(Br)cnc1N1CCC(NCc2ccccc2OC)CC1. The number of methoxy groups -OCH3 is 2. The number of nitrogens with zero attached hydrogens (tertiary/aromatic N) is 2. The third-order valence-corrected chi connectivity index (χ3v) is 5.24. The summed E-state index contributed by atoms with van der Waals surface area (Å²) in [5.41, 5.74) is 1.65. The number of pyridine rings is 1. The highest BCUT2D eigenvalue weighted by molar-refractivity contribution is 9.10. The van der Waals surface area contributed by atoms with Gasteiger partial charge in [-0.05, 0) is 40.9 Å². The Hall–Kier alpha value is -2.12. The van der Waals surface area contributed by atoms with Crippen molar-refractivity contribution in [2.24, 2.45) is 0 Å². The minimum absolute atomic E-state index is 0.366. The Labute approximate surface area is 168 Å². The van der Waals surface area contributed by atoms with Crippen molar-refractivity contribution in [1.82, 2.24) is 10.3 Å². The van der Waals surface area contributed by atoms with Gasteiger partial charge in [-0.25, -0.2) is 9.78 Å². The molecule has 1 fully saturated rings. The fraction of sp³-hybridized carbons (Fsp3) is 0.400. The third-order valence-electron chi connectivity index (χ3n) is 4.81. The standard InChI is InChI=1S/C20H24BrN3O3/c1-26-18-6-4-3-5-14(18)12-22-16-7-9-24(10-8-16)19-17(20(25)27-2)11-15(21)13-23-19/h3-6,11,13,16,22H,7-10,12H2,1-2H3. The summed E-state index contributed by atoms with van der Waals surface area (Å²) in [7, 11) is 3.09. The lowest BCUT2D eigenvalue weighted by Crippen LogP contribution is -2.43. The molecule has 2 heterocycles. The Morgan fingerprint density at radius 1 is 1.30 bits per heavy atom. The number of aromatic nitrogens is 1. The number of piperidine rings is 1. The van der Waals surface area contributed by atoms with Crippen LogP contribution in [0.2, 0.25) is 0 Å². The molecule has 3 rings (SSSR count). The minimum Gasteiger partial charge on any atom is -0.496 e. The molecule has 7 heteroatoms. The Kier molecular flexibility index (Phi) is 6.68. The van der Waals surface area contributed by atoms with Crippen LogP contribution in [0, 0.1) is 0 Å². The van der Waals surface area contributed by atoms with E-state index in [4.69, 9.17) is 9.47 Å². The van der Waals surface area contributed by atoms with Gasteiger partial charge in [-0.2, -0.15) is 0 Å². The van der Waals surface area contributed by atoms with Crippen LogP contribution < -0.4 is 15.0 Å². The molecule has 1 saturated heterocycles. The summed E-state index contributed by atoms with van der Waals surface area (Å²) >= 11 is 3.37. The van der Waals surface area contributed by atoms with Gasteiger partial charge in [-0.1, -0.05) is 18.2 Å². The zero-order valence-electron chi connectivity index (χ0n) is 15.6. The molecular formula is C20H24BrN3O3. The van der Waals surface area contributed by atoms with Gasteiger partial charge in [0.2, 0.25) is 0 Å². The summed E-state index contributed by atoms with van der Waals surface area (Å²) in [4.78, 5) is 18.7. The van der Waals surface area contributed by atoms with E-state index in [0.29, 0.717) is 17.4 Å². The molecule has 27 heavy (non-hydrogen) atoms. The number of anilines is 1. The molecule has 0 atom stereocenters. The highest BCUT2D eigenvalue weighted by atomic mass is 79.9. The van der Waals surface area contributed by atoms with E-state index in [1.807, 2.05) is 18.2 Å². The van der Waals surface area contributed by atoms with E-state index in [2.05, 4.69) is 37.2 Å². The number of esters is 1. The van der Waals surface area contributed by atoms with Crippen LogP contribution in [0.4, 0.5) is 5.82 Å². The van der Waals surface area contributed by atoms with Gasteiger partial charge in [0.1, 0.15) is 17.1 Å². The molecule has 1 aromatic carbocycles. The summed E-state index contributed by atoms with van der Waals surface area (Å²) in [5, 5.41) is 3.62. The smallest absolute Gasteiger partial charge is 0.341 e. The molecule has 1 aliphatic rings. The molecule has 0 unspecified atom stereocenters. The Bertz CT molecular complexity index is 792. The van der Waals surface area contributed by atoms with E-state index < -0.39 is 0 Å². The molecule has 0 saturated carbocycles. The summed E-state index contributed by atoms with van der Waals surface area (Å²) in [6, 6.07) is 10.2. The van der Waals surface area contributed by atoms with E-state index in [1.165, 1.54) is 7.11 Å². The lowest BCUT2D eigenvalue weighted by Gasteiger charge is -2.34. The summed E-state index contributed by atoms with van der Waals surface area (Å²) in [5.74, 6) is 1.23. The topological polar surface area (TPSA) is 63.7 Å². The predicted molar refractivity (Wildman–Crippen MR) is 108 cm³/mol. The van der Waals surface area contributed by atoms with Crippen molar-refractivity contribution in [2.45, 2.75) is 25.4 Å². The Morgan fingerprint density at radius 2 is 2.04 bits per heavy atom. The van der Waals surface area contributed by atoms with Crippen LogP contribution in [0.15, 0.2) is 41.0 Å². The molecule has 0 radical (unpaired) electrons. The number of carbonyl (C=O) groups is 1. The highest BCUT2D eigenvalue weighted by Gasteiger charge is 2.24. The first-order chi connectivity index (χ1) is 13.1. The average molecular weight is 434 g/mol. The Balaban J connectivity index is 1.60. The summed E-state index contributed by atoms with van der Waals surface area (Å²) in [6.45, 7) is 2.45. The van der Waals surface area contributed by atoms with Gasteiger partial charge in [0, 0.05) is 41.9 Å². The molecule has 0 bridgehead atoms.